The van der Waals surface area contributed by atoms with Crippen molar-refractivity contribution in [3.05, 3.63) is 81.1 Å². The zero-order valence-corrected chi connectivity index (χ0v) is 18.6. The molecule has 7 heteroatoms. The molecule has 1 aromatic heterocycles. The molecule has 30 heavy (non-hydrogen) atoms. The Balaban J connectivity index is 1.66. The molecule has 0 unspecified atom stereocenters. The molecule has 0 saturated carbocycles. The first kappa shape index (κ1) is 21.9. The van der Waals surface area contributed by atoms with Gasteiger partial charge in [0, 0.05) is 27.7 Å². The highest BCUT2D eigenvalue weighted by Crippen LogP contribution is 2.27. The highest BCUT2D eigenvalue weighted by molar-refractivity contribution is 6.35. The molecule has 0 aliphatic carbocycles. The third-order valence-corrected chi connectivity index (χ3v) is 5.26. The summed E-state index contributed by atoms with van der Waals surface area (Å²) in [6, 6.07) is 15.2. The minimum Gasteiger partial charge on any atom is -0.482 e. The number of hydrogen-bond donors (Lipinski definition) is 1. The molecule has 1 N–H and O–H groups in total. The van der Waals surface area contributed by atoms with Gasteiger partial charge in [-0.2, -0.15) is 5.10 Å². The number of benzene rings is 2. The Morgan fingerprint density at radius 3 is 2.67 bits per heavy atom. The van der Waals surface area contributed by atoms with Crippen LogP contribution in [-0.4, -0.2) is 23.3 Å². The number of nitrogens with one attached hydrogen (secondary N) is 1. The monoisotopic (exact) mass is 443 g/mol. The summed E-state index contributed by atoms with van der Waals surface area (Å²) in [5, 5.41) is 4.92. The number of aryl methyl sites for hydroxylation is 2. The minimum absolute atomic E-state index is 0.207. The van der Waals surface area contributed by atoms with Gasteiger partial charge in [-0.3, -0.25) is 4.79 Å². The van der Waals surface area contributed by atoms with E-state index < -0.39 is 0 Å². The SMILES string of the molecule is CCc1ccccc1-n1c(C)cc(/C=N/NC(=O)COc2ccc(Cl)cc2Cl)c1C. The Bertz CT molecular complexity index is 1090. The standard InChI is InChI=1S/C23H23Cl2N3O2/c1-4-17-7-5-6-8-21(17)28-15(2)11-18(16(28)3)13-26-27-23(29)14-30-22-10-9-19(24)12-20(22)25/h5-13H,4,14H2,1-3H3,(H,27,29)/b26-13+. The van der Waals surface area contributed by atoms with E-state index in [4.69, 9.17) is 27.9 Å². The third-order valence-electron chi connectivity index (χ3n) is 4.73. The van der Waals surface area contributed by atoms with Crippen LogP contribution < -0.4 is 10.2 Å². The number of nitrogens with zero attached hydrogens (tertiary/aromatic N) is 2. The molecule has 0 aliphatic rings. The number of carbonyl (C=O) groups is 1. The second-order valence-corrected chi connectivity index (χ2v) is 7.64. The normalized spacial score (nSPS) is 11.1. The molecule has 1 amide bonds. The van der Waals surface area contributed by atoms with E-state index in [1.165, 1.54) is 5.56 Å². The lowest BCUT2D eigenvalue weighted by atomic mass is 10.1. The van der Waals surface area contributed by atoms with E-state index in [0.29, 0.717) is 15.8 Å². The quantitative estimate of drug-likeness (QED) is 0.387. The molecule has 3 rings (SSSR count). The second kappa shape index (κ2) is 9.83. The maximum absolute atomic E-state index is 12.0. The Labute approximate surface area is 186 Å². The fourth-order valence-electron chi connectivity index (χ4n) is 3.26. The number of ether oxygens (including phenoxy) is 1. The van der Waals surface area contributed by atoms with E-state index in [0.717, 1.165) is 29.1 Å². The number of hydrazone groups is 1. The summed E-state index contributed by atoms with van der Waals surface area (Å²) in [7, 11) is 0. The average Bonchev–Trinajstić information content (AvgIpc) is 3.00. The Morgan fingerprint density at radius 1 is 1.17 bits per heavy atom. The molecule has 0 atom stereocenters. The van der Waals surface area contributed by atoms with Crippen molar-refractivity contribution in [1.82, 2.24) is 9.99 Å². The predicted octanol–water partition coefficient (Wildman–Crippen LogP) is 5.49. The van der Waals surface area contributed by atoms with Crippen LogP contribution in [0, 0.1) is 13.8 Å². The van der Waals surface area contributed by atoms with Crippen molar-refractivity contribution < 1.29 is 9.53 Å². The van der Waals surface area contributed by atoms with E-state index in [2.05, 4.69) is 41.1 Å². The average molecular weight is 444 g/mol. The highest BCUT2D eigenvalue weighted by atomic mass is 35.5. The highest BCUT2D eigenvalue weighted by Gasteiger charge is 2.12. The first-order chi connectivity index (χ1) is 14.4. The lowest BCUT2D eigenvalue weighted by Gasteiger charge is -2.13. The summed E-state index contributed by atoms with van der Waals surface area (Å²) in [4.78, 5) is 12.0. The van der Waals surface area contributed by atoms with Gasteiger partial charge >= 0.3 is 0 Å². The molecule has 0 aliphatic heterocycles. The largest absolute Gasteiger partial charge is 0.482 e. The first-order valence-corrected chi connectivity index (χ1v) is 10.3. The van der Waals surface area contributed by atoms with E-state index >= 15 is 0 Å². The maximum Gasteiger partial charge on any atom is 0.277 e. The molecule has 0 fully saturated rings. The summed E-state index contributed by atoms with van der Waals surface area (Å²) in [5.74, 6) is 0.000680. The number of carbonyl (C=O) groups excluding carboxylic acids is 1. The number of rotatable bonds is 7. The van der Waals surface area contributed by atoms with E-state index in [9.17, 15) is 4.79 Å². The van der Waals surface area contributed by atoms with Crippen molar-refractivity contribution in [1.29, 1.82) is 0 Å². The molecular weight excluding hydrogens is 421 g/mol. The van der Waals surface area contributed by atoms with Gasteiger partial charge in [-0.05, 0) is 56.2 Å². The molecular formula is C23H23Cl2N3O2. The summed E-state index contributed by atoms with van der Waals surface area (Å²) in [6.45, 7) is 6.03. The van der Waals surface area contributed by atoms with Gasteiger partial charge < -0.3 is 9.30 Å². The fraction of sp³-hybridized carbons (Fsp3) is 0.217. The van der Waals surface area contributed by atoms with Gasteiger partial charge in [0.05, 0.1) is 11.2 Å². The molecule has 3 aromatic rings. The van der Waals surface area contributed by atoms with E-state index in [1.807, 2.05) is 25.1 Å². The third kappa shape index (κ3) is 5.04. The maximum atomic E-state index is 12.0. The van der Waals surface area contributed by atoms with Crippen LogP contribution in [0.5, 0.6) is 5.75 Å². The van der Waals surface area contributed by atoms with Crippen LogP contribution in [0.15, 0.2) is 53.6 Å². The topological polar surface area (TPSA) is 55.6 Å². The Hall–Kier alpha value is -2.76. The van der Waals surface area contributed by atoms with Gasteiger partial charge in [0.2, 0.25) is 0 Å². The van der Waals surface area contributed by atoms with Crippen molar-refractivity contribution in [2.45, 2.75) is 27.2 Å². The fourth-order valence-corrected chi connectivity index (χ4v) is 3.72. The van der Waals surface area contributed by atoms with Crippen LogP contribution in [0.2, 0.25) is 10.0 Å². The lowest BCUT2D eigenvalue weighted by Crippen LogP contribution is -2.24. The van der Waals surface area contributed by atoms with Crippen LogP contribution in [-0.2, 0) is 11.2 Å². The number of halogens is 2. The zero-order valence-electron chi connectivity index (χ0n) is 17.1. The summed E-state index contributed by atoms with van der Waals surface area (Å²) in [5.41, 5.74) is 7.99. The summed E-state index contributed by atoms with van der Waals surface area (Å²) < 4.78 is 7.61. The molecule has 156 valence electrons. The van der Waals surface area contributed by atoms with Crippen molar-refractivity contribution in [3.8, 4) is 11.4 Å². The predicted molar refractivity (Wildman–Crippen MR) is 122 cm³/mol. The molecule has 2 aromatic carbocycles. The van der Waals surface area contributed by atoms with Crippen LogP contribution in [0.25, 0.3) is 5.69 Å². The number of aromatic nitrogens is 1. The Kier molecular flexibility index (Phi) is 7.19. The zero-order chi connectivity index (χ0) is 21.7. The number of amides is 1. The van der Waals surface area contributed by atoms with Gasteiger partial charge in [0.1, 0.15) is 5.75 Å². The summed E-state index contributed by atoms with van der Waals surface area (Å²) in [6.07, 6.45) is 2.59. The van der Waals surface area contributed by atoms with Crippen molar-refractivity contribution in [2.75, 3.05) is 6.61 Å². The van der Waals surface area contributed by atoms with Crippen LogP contribution in [0.1, 0.15) is 29.4 Å². The van der Waals surface area contributed by atoms with E-state index in [-0.39, 0.29) is 12.5 Å². The molecule has 0 radical (unpaired) electrons. The van der Waals surface area contributed by atoms with Crippen LogP contribution in [0.3, 0.4) is 0 Å². The van der Waals surface area contributed by atoms with Crippen molar-refractivity contribution >= 4 is 35.3 Å². The Morgan fingerprint density at radius 2 is 1.93 bits per heavy atom. The molecule has 1 heterocycles. The van der Waals surface area contributed by atoms with Gasteiger partial charge in [-0.25, -0.2) is 5.43 Å². The number of para-hydroxylation sites is 1. The summed E-state index contributed by atoms with van der Waals surface area (Å²) >= 11 is 11.9. The first-order valence-electron chi connectivity index (χ1n) is 9.57. The molecule has 0 spiro atoms. The molecule has 0 saturated heterocycles. The second-order valence-electron chi connectivity index (χ2n) is 6.80. The van der Waals surface area contributed by atoms with Gasteiger partial charge in [0.15, 0.2) is 6.61 Å². The van der Waals surface area contributed by atoms with Gasteiger partial charge in [-0.1, -0.05) is 48.3 Å². The van der Waals surface area contributed by atoms with Crippen LogP contribution in [0.4, 0.5) is 0 Å². The van der Waals surface area contributed by atoms with Gasteiger partial charge in [-0.15, -0.1) is 0 Å². The lowest BCUT2D eigenvalue weighted by molar-refractivity contribution is -0.123. The molecule has 5 nitrogen and oxygen atoms in total. The van der Waals surface area contributed by atoms with Crippen LogP contribution >= 0.6 is 23.2 Å². The van der Waals surface area contributed by atoms with E-state index in [1.54, 1.807) is 24.4 Å². The molecule has 0 bridgehead atoms. The minimum atomic E-state index is -0.387. The smallest absolute Gasteiger partial charge is 0.277 e. The van der Waals surface area contributed by atoms with Gasteiger partial charge in [0.25, 0.3) is 5.91 Å². The number of hydrogen-bond acceptors (Lipinski definition) is 3. The van der Waals surface area contributed by atoms with Crippen molar-refractivity contribution in [2.24, 2.45) is 5.10 Å². The van der Waals surface area contributed by atoms with Crippen molar-refractivity contribution in [3.63, 3.8) is 0 Å².